The zero-order valence-corrected chi connectivity index (χ0v) is 24.3. The molecule has 5 aromatic rings. The number of hydrogen-bond acceptors (Lipinski definition) is 6. The molecule has 0 radical (unpaired) electrons. The molecule has 0 aliphatic carbocycles. The van der Waals surface area contributed by atoms with Gasteiger partial charge in [0.15, 0.2) is 5.82 Å². The first-order chi connectivity index (χ1) is 20.6. The molecule has 8 rings (SSSR count). The molecule has 3 aromatic carbocycles. The highest BCUT2D eigenvalue weighted by Crippen LogP contribution is 2.46. The first-order valence-corrected chi connectivity index (χ1v) is 15.1. The zero-order chi connectivity index (χ0) is 28.6. The first-order valence-electron chi connectivity index (χ1n) is 14.8. The van der Waals surface area contributed by atoms with Crippen molar-refractivity contribution in [3.05, 3.63) is 102 Å². The van der Waals surface area contributed by atoms with Gasteiger partial charge in [0.1, 0.15) is 17.0 Å². The summed E-state index contributed by atoms with van der Waals surface area (Å²) in [4.78, 5) is 16.9. The van der Waals surface area contributed by atoms with E-state index >= 15 is 0 Å². The molecule has 7 heteroatoms. The number of fused-ring (bicyclic) bond motifs is 4. The average Bonchev–Trinajstić information content (AvgIpc) is 3.04. The van der Waals surface area contributed by atoms with E-state index < -0.39 is 0 Å². The lowest BCUT2D eigenvalue weighted by atomic mass is 9.72. The number of benzene rings is 3. The molecule has 5 atom stereocenters. The normalized spacial score (nSPS) is 22.2. The van der Waals surface area contributed by atoms with Crippen LogP contribution in [0.1, 0.15) is 37.9 Å². The molecule has 2 bridgehead atoms. The van der Waals surface area contributed by atoms with Gasteiger partial charge in [-0.2, -0.15) is 4.98 Å². The van der Waals surface area contributed by atoms with Gasteiger partial charge in [-0.15, -0.1) is 0 Å². The van der Waals surface area contributed by atoms with Crippen LogP contribution in [0.25, 0.3) is 33.4 Å². The van der Waals surface area contributed by atoms with Crippen LogP contribution in [0, 0.1) is 11.8 Å². The summed E-state index contributed by atoms with van der Waals surface area (Å²) < 4.78 is 7.15. The highest BCUT2D eigenvalue weighted by molar-refractivity contribution is 6.32. The number of ether oxygens (including phenoxy) is 1. The molecule has 3 aliphatic rings. The second-order valence-corrected chi connectivity index (χ2v) is 11.8. The summed E-state index contributed by atoms with van der Waals surface area (Å²) in [6.45, 7) is 4.41. The van der Waals surface area contributed by atoms with E-state index in [0.29, 0.717) is 34.3 Å². The van der Waals surface area contributed by atoms with E-state index in [4.69, 9.17) is 26.3 Å². The van der Waals surface area contributed by atoms with E-state index in [0.717, 1.165) is 47.1 Å². The Morgan fingerprint density at radius 2 is 1.74 bits per heavy atom. The predicted molar refractivity (Wildman–Crippen MR) is 167 cm³/mol. The number of rotatable bonds is 7. The van der Waals surface area contributed by atoms with Crippen molar-refractivity contribution in [2.75, 3.05) is 13.1 Å². The van der Waals surface area contributed by atoms with Crippen LogP contribution in [-0.2, 0) is 0 Å². The molecule has 5 heterocycles. The number of nitrogens with zero attached hydrogens (tertiary/aromatic N) is 4. The van der Waals surface area contributed by atoms with Crippen LogP contribution < -0.4 is 4.74 Å². The molecule has 1 N–H and O–H groups in total. The van der Waals surface area contributed by atoms with Gasteiger partial charge in [0.05, 0.1) is 17.1 Å². The molecule has 0 saturated carbocycles. The maximum atomic E-state index is 10.5. The summed E-state index contributed by atoms with van der Waals surface area (Å²) in [6.07, 6.45) is 4.90. The van der Waals surface area contributed by atoms with Crippen LogP contribution in [0.5, 0.6) is 11.6 Å². The van der Waals surface area contributed by atoms with Gasteiger partial charge in [-0.1, -0.05) is 85.6 Å². The van der Waals surface area contributed by atoms with E-state index in [1.807, 2.05) is 79.0 Å². The van der Waals surface area contributed by atoms with Crippen molar-refractivity contribution in [2.24, 2.45) is 11.8 Å². The monoisotopic (exact) mass is 576 g/mol. The van der Waals surface area contributed by atoms with Crippen molar-refractivity contribution in [2.45, 2.75) is 38.3 Å². The Balaban J connectivity index is 1.41. The number of phenolic OH excluding ortho intramolecular Hbond substituents is 1. The number of hydrogen-bond donors (Lipinski definition) is 1. The van der Waals surface area contributed by atoms with Crippen molar-refractivity contribution in [3.8, 4) is 34.1 Å². The quantitative estimate of drug-likeness (QED) is 0.198. The van der Waals surface area contributed by atoms with Gasteiger partial charge < -0.3 is 9.84 Å². The molecule has 3 saturated heterocycles. The van der Waals surface area contributed by atoms with Crippen molar-refractivity contribution in [1.29, 1.82) is 0 Å². The van der Waals surface area contributed by atoms with Crippen molar-refractivity contribution in [3.63, 3.8) is 0 Å². The van der Waals surface area contributed by atoms with E-state index in [9.17, 15) is 5.11 Å². The Morgan fingerprint density at radius 1 is 0.976 bits per heavy atom. The molecule has 3 fully saturated rings. The Morgan fingerprint density at radius 3 is 2.45 bits per heavy atom. The maximum absolute atomic E-state index is 10.5. The summed E-state index contributed by atoms with van der Waals surface area (Å²) in [5, 5.41) is 11.7. The largest absolute Gasteiger partial charge is 0.508 e. The number of phenols is 1. The smallest absolute Gasteiger partial charge is 0.227 e. The van der Waals surface area contributed by atoms with E-state index in [2.05, 4.69) is 16.8 Å². The van der Waals surface area contributed by atoms with Gasteiger partial charge in [-0.3, -0.25) is 9.88 Å². The molecule has 0 spiro atoms. The third kappa shape index (κ3) is 4.99. The maximum Gasteiger partial charge on any atom is 0.227 e. The van der Waals surface area contributed by atoms with Gasteiger partial charge >= 0.3 is 0 Å². The first kappa shape index (κ1) is 26.9. The Hall–Kier alpha value is -4.00. The lowest BCUT2D eigenvalue weighted by Gasteiger charge is -2.52. The zero-order valence-electron chi connectivity index (χ0n) is 23.5. The molecular formula is C35H33ClN4O2. The predicted octanol–water partition coefficient (Wildman–Crippen LogP) is 7.96. The standard InChI is InChI=1S/C35H33ClN4O2/c1-2-22-21-40-18-16-25(22)19-30(40)32(27-15-17-37-29-14-13-26(41)20-28(27)29)42-35-31(23-9-5-3-6-10-23)33(36)38-34(39-35)24-11-7-4-8-12-24/h3-15,17,20,22,25,30,32,41H,2,16,18-19,21H2,1H3/t22-,25-,30+,32-/m0/s1. The number of piperidine rings is 3. The fraction of sp³-hybridized carbons (Fsp3) is 0.286. The van der Waals surface area contributed by atoms with Crippen molar-refractivity contribution >= 4 is 22.5 Å². The van der Waals surface area contributed by atoms with Crippen LogP contribution in [0.3, 0.4) is 0 Å². The third-order valence-electron chi connectivity index (χ3n) is 9.04. The summed E-state index contributed by atoms with van der Waals surface area (Å²) in [6, 6.07) is 27.3. The highest BCUT2D eigenvalue weighted by atomic mass is 35.5. The van der Waals surface area contributed by atoms with E-state index in [1.54, 1.807) is 12.1 Å². The minimum absolute atomic E-state index is 0.136. The molecule has 3 aliphatic heterocycles. The lowest BCUT2D eigenvalue weighted by molar-refractivity contribution is -0.0492. The number of halogens is 1. The minimum atomic E-state index is -0.366. The summed E-state index contributed by atoms with van der Waals surface area (Å²) in [7, 11) is 0. The topological polar surface area (TPSA) is 71.4 Å². The third-order valence-corrected chi connectivity index (χ3v) is 9.31. The molecule has 42 heavy (non-hydrogen) atoms. The van der Waals surface area contributed by atoms with Gasteiger partial charge in [0.25, 0.3) is 0 Å². The molecule has 0 amide bonds. The average molecular weight is 577 g/mol. The van der Waals surface area contributed by atoms with Crippen LogP contribution in [0.15, 0.2) is 91.1 Å². The summed E-state index contributed by atoms with van der Waals surface area (Å²) in [5.41, 5.74) is 4.23. The second-order valence-electron chi connectivity index (χ2n) is 11.4. The molecule has 212 valence electrons. The van der Waals surface area contributed by atoms with Crippen molar-refractivity contribution < 1.29 is 9.84 Å². The van der Waals surface area contributed by atoms with Crippen LogP contribution >= 0.6 is 11.6 Å². The SMILES string of the molecule is CC[C@H]1CN2CC[C@H]1C[C@@H]2[C@@H](Oc1nc(-c2ccccc2)nc(Cl)c1-c1ccccc1)c1ccnc2ccc(O)cc12. The minimum Gasteiger partial charge on any atom is -0.508 e. The number of aromatic hydroxyl groups is 1. The molecule has 6 nitrogen and oxygen atoms in total. The Labute approximate surface area is 251 Å². The van der Waals surface area contributed by atoms with Gasteiger partial charge in [-0.25, -0.2) is 4.98 Å². The number of pyridine rings is 1. The number of aromatic nitrogens is 3. The van der Waals surface area contributed by atoms with Gasteiger partial charge in [0.2, 0.25) is 5.88 Å². The van der Waals surface area contributed by atoms with Crippen molar-refractivity contribution in [1.82, 2.24) is 19.9 Å². The highest BCUT2D eigenvalue weighted by Gasteiger charge is 2.44. The fourth-order valence-electron chi connectivity index (χ4n) is 6.89. The van der Waals surface area contributed by atoms with Crippen LogP contribution in [0.2, 0.25) is 5.15 Å². The second kappa shape index (κ2) is 11.3. The molecule has 2 aromatic heterocycles. The summed E-state index contributed by atoms with van der Waals surface area (Å²) in [5.74, 6) is 2.52. The lowest BCUT2D eigenvalue weighted by Crippen LogP contribution is -2.56. The van der Waals surface area contributed by atoms with E-state index in [-0.39, 0.29) is 17.9 Å². The van der Waals surface area contributed by atoms with Crippen LogP contribution in [-0.4, -0.2) is 44.1 Å². The Bertz CT molecular complexity index is 1720. The Kier molecular flexibility index (Phi) is 7.26. The van der Waals surface area contributed by atoms with Crippen LogP contribution in [0.4, 0.5) is 0 Å². The summed E-state index contributed by atoms with van der Waals surface area (Å²) >= 11 is 6.97. The fourth-order valence-corrected chi connectivity index (χ4v) is 7.16. The molecular weight excluding hydrogens is 544 g/mol. The van der Waals surface area contributed by atoms with E-state index in [1.165, 1.54) is 12.8 Å². The van der Waals surface area contributed by atoms with Gasteiger partial charge in [0, 0.05) is 29.3 Å². The van der Waals surface area contributed by atoms with Gasteiger partial charge in [-0.05, 0) is 61.1 Å². The molecule has 1 unspecified atom stereocenters.